The number of aliphatic hydroxyl groups excluding tert-OH is 2. The molecule has 0 radical (unpaired) electrons. The minimum absolute atomic E-state index is 0.0471. The Bertz CT molecular complexity index is 1260. The molecule has 0 saturated heterocycles. The summed E-state index contributed by atoms with van der Waals surface area (Å²) in [7, 11) is 1.11. The summed E-state index contributed by atoms with van der Waals surface area (Å²) in [6.07, 6.45) is 57.1. The molecule has 0 aromatic heterocycles. The number of aliphatic hydroxyl groups is 2. The summed E-state index contributed by atoms with van der Waals surface area (Å²) >= 11 is 0. The van der Waals surface area contributed by atoms with Crippen molar-refractivity contribution in [2.24, 2.45) is 0 Å². The second kappa shape index (κ2) is 45.9. The first-order valence-corrected chi connectivity index (χ1v) is 28.2. The number of likely N-dealkylation sites (N-methyl/N-ethyl adjacent to an activating group) is 1. The van der Waals surface area contributed by atoms with E-state index < -0.39 is 32.7 Å². The number of quaternary nitrogens is 1. The Kier molecular flexibility index (Phi) is 44.6. The van der Waals surface area contributed by atoms with Crippen LogP contribution in [-0.2, 0) is 18.4 Å². The average molecular weight is 935 g/mol. The van der Waals surface area contributed by atoms with E-state index in [1.807, 2.05) is 21.1 Å². The third-order valence-electron chi connectivity index (χ3n) is 11.8. The van der Waals surface area contributed by atoms with Gasteiger partial charge in [-0.05, 0) is 77.0 Å². The van der Waals surface area contributed by atoms with E-state index in [-0.39, 0.29) is 18.9 Å². The molecule has 0 fully saturated rings. The zero-order valence-electron chi connectivity index (χ0n) is 42.8. The van der Waals surface area contributed by atoms with E-state index in [1.54, 1.807) is 0 Å². The molecule has 1 amide bonds. The summed E-state index contributed by atoms with van der Waals surface area (Å²) < 4.78 is 23.2. The Balaban J connectivity index is 4.20. The second-order valence-electron chi connectivity index (χ2n) is 19.3. The quantitative estimate of drug-likeness (QED) is 0.0240. The van der Waals surface area contributed by atoms with Crippen LogP contribution in [0.25, 0.3) is 0 Å². The fraction of sp³-hybridized carbons (Fsp3) is 0.800. The van der Waals surface area contributed by atoms with Crippen LogP contribution in [0.5, 0.6) is 0 Å². The van der Waals surface area contributed by atoms with Gasteiger partial charge in [-0.1, -0.05) is 203 Å². The van der Waals surface area contributed by atoms with Crippen molar-refractivity contribution in [1.82, 2.24) is 5.32 Å². The van der Waals surface area contributed by atoms with E-state index in [0.29, 0.717) is 30.3 Å². The molecule has 0 heterocycles. The number of hydrogen-bond donors (Lipinski definition) is 3. The van der Waals surface area contributed by atoms with Gasteiger partial charge in [-0.3, -0.25) is 9.36 Å². The fourth-order valence-corrected chi connectivity index (χ4v) is 8.32. The Morgan fingerprint density at radius 3 is 1.43 bits per heavy atom. The number of phosphoric ester groups is 1. The van der Waals surface area contributed by atoms with Gasteiger partial charge in [0.2, 0.25) is 5.91 Å². The molecule has 0 spiro atoms. The molecule has 0 aromatic carbocycles. The van der Waals surface area contributed by atoms with Gasteiger partial charge >= 0.3 is 0 Å². The molecule has 3 N–H and O–H groups in total. The number of carbonyl (C=O) groups is 1. The Morgan fingerprint density at radius 1 is 0.569 bits per heavy atom. The zero-order chi connectivity index (χ0) is 48.0. The smallest absolute Gasteiger partial charge is 0.268 e. The third kappa shape index (κ3) is 47.0. The summed E-state index contributed by atoms with van der Waals surface area (Å²) in [5, 5.41) is 24.7. The van der Waals surface area contributed by atoms with E-state index in [4.69, 9.17) is 9.05 Å². The van der Waals surface area contributed by atoms with E-state index in [1.165, 1.54) is 128 Å². The molecule has 9 nitrogen and oxygen atoms in total. The van der Waals surface area contributed by atoms with Crippen LogP contribution in [-0.4, -0.2) is 79.8 Å². The van der Waals surface area contributed by atoms with E-state index >= 15 is 0 Å². The molecule has 0 bridgehead atoms. The highest BCUT2D eigenvalue weighted by Gasteiger charge is 2.29. The van der Waals surface area contributed by atoms with Gasteiger partial charge in [0.15, 0.2) is 0 Å². The highest BCUT2D eigenvalue weighted by atomic mass is 31.2. The number of allylic oxidation sites excluding steroid dienone is 10. The minimum atomic E-state index is -4.68. The second-order valence-corrected chi connectivity index (χ2v) is 20.7. The minimum Gasteiger partial charge on any atom is -0.756 e. The van der Waals surface area contributed by atoms with Crippen LogP contribution in [0.2, 0.25) is 0 Å². The number of rotatable bonds is 48. The topological polar surface area (TPSA) is 128 Å². The Morgan fingerprint density at radius 2 is 0.969 bits per heavy atom. The molecule has 0 aromatic rings. The van der Waals surface area contributed by atoms with Crippen molar-refractivity contribution < 1.29 is 38.0 Å². The summed E-state index contributed by atoms with van der Waals surface area (Å²) in [5.41, 5.74) is 0. The summed E-state index contributed by atoms with van der Waals surface area (Å²) in [6.45, 7) is 4.30. The van der Waals surface area contributed by atoms with Gasteiger partial charge in [0.05, 0.1) is 39.9 Å². The lowest BCUT2D eigenvalue weighted by Crippen LogP contribution is -2.51. The van der Waals surface area contributed by atoms with Crippen LogP contribution in [0.3, 0.4) is 0 Å². The molecule has 0 aliphatic rings. The van der Waals surface area contributed by atoms with Gasteiger partial charge < -0.3 is 34.0 Å². The number of carbonyl (C=O) groups excluding carboxylic acids is 1. The molecule has 0 rings (SSSR count). The number of phosphoric acid groups is 1. The number of amides is 1. The van der Waals surface area contributed by atoms with Crippen LogP contribution in [0.15, 0.2) is 60.8 Å². The number of unbranched alkanes of at least 4 members (excludes halogenated alkanes) is 24. The fourth-order valence-electron chi connectivity index (χ4n) is 7.60. The molecule has 10 heteroatoms. The van der Waals surface area contributed by atoms with Gasteiger partial charge in [-0.15, -0.1) is 0 Å². The van der Waals surface area contributed by atoms with Crippen molar-refractivity contribution in [2.75, 3.05) is 40.9 Å². The van der Waals surface area contributed by atoms with Gasteiger partial charge in [-0.2, -0.15) is 0 Å². The maximum absolute atomic E-state index is 13.0. The van der Waals surface area contributed by atoms with Crippen LogP contribution in [0.1, 0.15) is 226 Å². The monoisotopic (exact) mass is 935 g/mol. The van der Waals surface area contributed by atoms with E-state index in [0.717, 1.165) is 57.8 Å². The molecule has 0 aliphatic carbocycles. The molecule has 380 valence electrons. The first-order valence-electron chi connectivity index (χ1n) is 26.7. The normalized spacial score (nSPS) is 15.0. The van der Waals surface area contributed by atoms with Crippen molar-refractivity contribution in [2.45, 2.75) is 244 Å². The maximum atomic E-state index is 13.0. The summed E-state index contributed by atoms with van der Waals surface area (Å²) in [5.74, 6) is -0.289. The average Bonchev–Trinajstić information content (AvgIpc) is 3.26. The van der Waals surface area contributed by atoms with Gasteiger partial charge in [-0.25, -0.2) is 0 Å². The first kappa shape index (κ1) is 63.2. The predicted molar refractivity (Wildman–Crippen MR) is 276 cm³/mol. The highest BCUT2D eigenvalue weighted by molar-refractivity contribution is 7.45. The molecule has 4 atom stereocenters. The van der Waals surface area contributed by atoms with E-state index in [2.05, 4.69) is 79.9 Å². The zero-order valence-corrected chi connectivity index (χ0v) is 43.7. The third-order valence-corrected chi connectivity index (χ3v) is 12.8. The van der Waals surface area contributed by atoms with Crippen molar-refractivity contribution in [3.63, 3.8) is 0 Å². The largest absolute Gasteiger partial charge is 0.756 e. The first-order chi connectivity index (χ1) is 31.4. The Hall–Kier alpha value is -1.84. The number of nitrogens with zero attached hydrogens (tertiary/aromatic N) is 1. The predicted octanol–water partition coefficient (Wildman–Crippen LogP) is 14.1. The van der Waals surface area contributed by atoms with E-state index in [9.17, 15) is 24.5 Å². The van der Waals surface area contributed by atoms with Gasteiger partial charge in [0, 0.05) is 6.42 Å². The van der Waals surface area contributed by atoms with Crippen LogP contribution in [0, 0.1) is 0 Å². The lowest BCUT2D eigenvalue weighted by molar-refractivity contribution is -0.870. The SMILES string of the molecule is CC/C=C\C/C=C\C/C=C\C/C=C\CCCCCCCCCCCCCCCCCCC(=O)NC(COP(=O)([O-])OCC[N+](C)(C)C)C(O)C(O)CCC/C=C/CCCCCCCCC. The van der Waals surface area contributed by atoms with Crippen molar-refractivity contribution >= 4 is 13.7 Å². The standard InChI is InChI=1S/C55H103N2O7P/c1-6-8-10-12-14-16-18-20-21-22-23-24-25-26-27-28-29-30-31-32-33-34-35-36-38-40-42-44-46-48-54(59)56-52(51-64-65(61,62)63-50-49-57(3,4)5)55(60)53(58)47-45-43-41-39-37-19-17-15-13-11-9-7-2/h8,10,14,16,20-21,23-24,39,41,52-53,55,58,60H,6-7,9,11-13,15,17-19,22,25-38,40,42-51H2,1-5H3,(H-,56,59,61,62)/b10-8-,16-14-,21-20-,24-23-,41-39+. The van der Waals surface area contributed by atoms with Gasteiger partial charge in [0.1, 0.15) is 19.3 Å². The summed E-state index contributed by atoms with van der Waals surface area (Å²) in [6, 6.07) is -1.09. The molecule has 4 unspecified atom stereocenters. The van der Waals surface area contributed by atoms with Crippen molar-refractivity contribution in [1.29, 1.82) is 0 Å². The van der Waals surface area contributed by atoms with Crippen LogP contribution >= 0.6 is 7.82 Å². The summed E-state index contributed by atoms with van der Waals surface area (Å²) in [4.78, 5) is 25.5. The number of hydrogen-bond acceptors (Lipinski definition) is 7. The Labute approximate surface area is 401 Å². The van der Waals surface area contributed by atoms with Crippen molar-refractivity contribution in [3.8, 4) is 0 Å². The van der Waals surface area contributed by atoms with Crippen LogP contribution in [0.4, 0.5) is 0 Å². The molecular weight excluding hydrogens is 832 g/mol. The van der Waals surface area contributed by atoms with Crippen LogP contribution < -0.4 is 10.2 Å². The lowest BCUT2D eigenvalue weighted by Gasteiger charge is -2.31. The number of nitrogens with one attached hydrogen (secondary N) is 1. The molecule has 0 saturated carbocycles. The maximum Gasteiger partial charge on any atom is 0.268 e. The van der Waals surface area contributed by atoms with Crippen molar-refractivity contribution in [3.05, 3.63) is 60.8 Å². The molecule has 0 aliphatic heterocycles. The highest BCUT2D eigenvalue weighted by Crippen LogP contribution is 2.38. The molecular formula is C55H103N2O7P. The molecule has 65 heavy (non-hydrogen) atoms. The van der Waals surface area contributed by atoms with Gasteiger partial charge in [0.25, 0.3) is 7.82 Å². The lowest BCUT2D eigenvalue weighted by atomic mass is 10.0.